The maximum atomic E-state index is 6.40. The van der Waals surface area contributed by atoms with Gasteiger partial charge in [-0.25, -0.2) is 10.2 Å². The van der Waals surface area contributed by atoms with Gasteiger partial charge in [0.05, 0.1) is 16.7 Å². The minimum atomic E-state index is 0.0677. The van der Waals surface area contributed by atoms with Gasteiger partial charge in [-0.2, -0.15) is 0 Å². The van der Waals surface area contributed by atoms with Crippen LogP contribution in [0.2, 0.25) is 0 Å². The van der Waals surface area contributed by atoms with E-state index in [1.54, 1.807) is 0 Å². The Balaban J connectivity index is 1.01. The molecule has 0 fully saturated rings. The molecule has 0 saturated heterocycles. The van der Waals surface area contributed by atoms with E-state index in [2.05, 4.69) is 179 Å². The largest absolute Gasteiger partial charge is 0.460 e. The molecule has 242 valence electrons. The number of para-hydroxylation sites is 2. The molecule has 51 heavy (non-hydrogen) atoms. The lowest BCUT2D eigenvalue weighted by molar-refractivity contribution is 0.546. The number of hydrogen-bond acceptors (Lipinski definition) is 3. The van der Waals surface area contributed by atoms with E-state index >= 15 is 0 Å². The van der Waals surface area contributed by atoms with Crippen molar-refractivity contribution in [2.45, 2.75) is 18.9 Å². The van der Waals surface area contributed by atoms with E-state index in [1.807, 2.05) is 0 Å². The Labute approximate surface area is 295 Å². The molecule has 1 aliphatic heterocycles. The summed E-state index contributed by atoms with van der Waals surface area (Å²) in [5, 5.41) is 5.94. The fourth-order valence-electron chi connectivity index (χ4n) is 8.51. The second-order valence-electron chi connectivity index (χ2n) is 13.8. The van der Waals surface area contributed by atoms with Crippen LogP contribution in [0.15, 0.2) is 168 Å². The Bertz CT molecular complexity index is 2810. The van der Waals surface area contributed by atoms with Gasteiger partial charge in [0.15, 0.2) is 0 Å². The van der Waals surface area contributed by atoms with Crippen LogP contribution in [0.4, 0.5) is 5.69 Å². The average molecular weight is 656 g/mol. The van der Waals surface area contributed by atoms with E-state index in [4.69, 9.17) is 4.42 Å². The molecule has 0 radical (unpaired) electrons. The fraction of sp³-hybridized carbons (Fsp3) is 0.0638. The van der Waals surface area contributed by atoms with E-state index < -0.39 is 0 Å². The molecule has 7 aromatic carbocycles. The topological polar surface area (TPSA) is 33.3 Å². The predicted octanol–water partition coefficient (Wildman–Crippen LogP) is 11.7. The van der Waals surface area contributed by atoms with Crippen molar-refractivity contribution in [3.05, 3.63) is 186 Å². The summed E-state index contributed by atoms with van der Waals surface area (Å²) in [5.41, 5.74) is 19.7. The van der Waals surface area contributed by atoms with Gasteiger partial charge in [0.2, 0.25) is 0 Å². The summed E-state index contributed by atoms with van der Waals surface area (Å²) in [4.78, 5) is 0. The number of aromatic nitrogens is 1. The van der Waals surface area contributed by atoms with Crippen molar-refractivity contribution >= 4 is 38.5 Å². The number of nitrogens with one attached hydrogen (secondary N) is 1. The number of hydrogen-bond donors (Lipinski definition) is 1. The predicted molar refractivity (Wildman–Crippen MR) is 209 cm³/mol. The molecule has 4 nitrogen and oxygen atoms in total. The van der Waals surface area contributed by atoms with E-state index in [1.165, 1.54) is 71.9 Å². The van der Waals surface area contributed by atoms with Gasteiger partial charge in [0.25, 0.3) is 0 Å². The van der Waals surface area contributed by atoms with Crippen molar-refractivity contribution in [3.8, 4) is 33.4 Å². The van der Waals surface area contributed by atoms with Gasteiger partial charge in [-0.3, -0.25) is 5.01 Å². The van der Waals surface area contributed by atoms with Gasteiger partial charge >= 0.3 is 0 Å². The van der Waals surface area contributed by atoms with Crippen LogP contribution >= 0.6 is 0 Å². The molecule has 4 heteroatoms. The normalized spacial score (nSPS) is 14.7. The second kappa shape index (κ2) is 11.0. The third-order valence-electron chi connectivity index (χ3n) is 10.9. The Hall–Kier alpha value is -6.52. The Morgan fingerprint density at radius 3 is 2.20 bits per heavy atom. The van der Waals surface area contributed by atoms with Gasteiger partial charge in [-0.1, -0.05) is 121 Å². The first-order valence-corrected chi connectivity index (χ1v) is 17.8. The molecule has 1 N–H and O–H groups in total. The molecular weight excluding hydrogens is 623 g/mol. The van der Waals surface area contributed by atoms with Crippen LogP contribution in [0.25, 0.3) is 66.2 Å². The van der Waals surface area contributed by atoms with Gasteiger partial charge in [0, 0.05) is 33.7 Å². The molecule has 2 aromatic heterocycles. The molecule has 1 atom stereocenters. The zero-order valence-electron chi connectivity index (χ0n) is 27.9. The number of fused-ring (bicyclic) bond motifs is 9. The van der Waals surface area contributed by atoms with Crippen LogP contribution < -0.4 is 10.5 Å². The molecule has 0 spiro atoms. The quantitative estimate of drug-likeness (QED) is 0.200. The van der Waals surface area contributed by atoms with Crippen molar-refractivity contribution in [1.82, 2.24) is 4.68 Å². The maximum Gasteiger partial charge on any atom is 0.134 e. The maximum absolute atomic E-state index is 6.40. The molecule has 3 heterocycles. The highest BCUT2D eigenvalue weighted by Crippen LogP contribution is 2.47. The number of aryl methyl sites for hydroxylation is 2. The molecule has 1 unspecified atom stereocenters. The van der Waals surface area contributed by atoms with Gasteiger partial charge < -0.3 is 4.42 Å². The number of hydrazine groups is 1. The smallest absolute Gasteiger partial charge is 0.134 e. The molecule has 2 aliphatic rings. The monoisotopic (exact) mass is 655 g/mol. The SMILES string of the molecule is c1ccc(-c2cccc(C3c4ccccc4N3Nn3c4ccccc4c4cc(-c5ccc6oc7c(c6c5)-c5ccccc5CC7)ccc43)c2)cc1. The fourth-order valence-corrected chi connectivity index (χ4v) is 8.51. The molecular formula is C47H33N3O. The number of furan rings is 1. The molecule has 1 aliphatic carbocycles. The third kappa shape index (κ3) is 4.33. The van der Waals surface area contributed by atoms with Gasteiger partial charge in [0.1, 0.15) is 17.4 Å². The highest BCUT2D eigenvalue weighted by Gasteiger charge is 2.36. The Kier molecular flexibility index (Phi) is 6.11. The van der Waals surface area contributed by atoms with Crippen LogP contribution in [0.1, 0.15) is 28.5 Å². The molecule has 9 aromatic rings. The lowest BCUT2D eigenvalue weighted by Crippen LogP contribution is -2.46. The molecule has 0 bridgehead atoms. The first kappa shape index (κ1) is 28.3. The van der Waals surface area contributed by atoms with Crippen molar-refractivity contribution in [1.29, 1.82) is 0 Å². The minimum absolute atomic E-state index is 0.0677. The van der Waals surface area contributed by atoms with Crippen molar-refractivity contribution in [2.75, 3.05) is 10.5 Å². The van der Waals surface area contributed by atoms with Gasteiger partial charge in [-0.15, -0.1) is 0 Å². The van der Waals surface area contributed by atoms with Crippen LogP contribution in [0.3, 0.4) is 0 Å². The molecule has 0 amide bonds. The Morgan fingerprint density at radius 1 is 0.529 bits per heavy atom. The van der Waals surface area contributed by atoms with E-state index in [-0.39, 0.29) is 6.04 Å². The zero-order chi connectivity index (χ0) is 33.5. The van der Waals surface area contributed by atoms with Crippen LogP contribution in [-0.2, 0) is 12.8 Å². The number of rotatable bonds is 5. The zero-order valence-corrected chi connectivity index (χ0v) is 27.9. The summed E-state index contributed by atoms with van der Waals surface area (Å²) >= 11 is 0. The number of benzene rings is 7. The van der Waals surface area contributed by atoms with Crippen LogP contribution in [0, 0.1) is 0 Å². The van der Waals surface area contributed by atoms with Crippen molar-refractivity contribution in [3.63, 3.8) is 0 Å². The lowest BCUT2D eigenvalue weighted by Gasteiger charge is -2.45. The first-order valence-electron chi connectivity index (χ1n) is 17.8. The molecule has 11 rings (SSSR count). The van der Waals surface area contributed by atoms with Crippen LogP contribution in [-0.4, -0.2) is 4.68 Å². The van der Waals surface area contributed by atoms with Gasteiger partial charge in [-0.05, 0) is 87.8 Å². The molecule has 0 saturated carbocycles. The van der Waals surface area contributed by atoms with Crippen molar-refractivity contribution < 1.29 is 4.42 Å². The lowest BCUT2D eigenvalue weighted by atomic mass is 9.88. The summed E-state index contributed by atoms with van der Waals surface area (Å²) in [6, 6.07) is 59.4. The van der Waals surface area contributed by atoms with Crippen LogP contribution in [0.5, 0.6) is 0 Å². The third-order valence-corrected chi connectivity index (χ3v) is 10.9. The summed E-state index contributed by atoms with van der Waals surface area (Å²) < 4.78 is 8.66. The van der Waals surface area contributed by atoms with E-state index in [0.29, 0.717) is 0 Å². The average Bonchev–Trinajstić information content (AvgIpc) is 3.72. The summed E-state index contributed by atoms with van der Waals surface area (Å²) in [6.07, 6.45) is 1.96. The number of nitrogens with zero attached hydrogens (tertiary/aromatic N) is 2. The second-order valence-corrected chi connectivity index (χ2v) is 13.8. The highest BCUT2D eigenvalue weighted by molar-refractivity contribution is 6.10. The summed E-state index contributed by atoms with van der Waals surface area (Å²) in [7, 11) is 0. The van der Waals surface area contributed by atoms with Crippen molar-refractivity contribution in [2.24, 2.45) is 0 Å². The Morgan fingerprint density at radius 2 is 1.25 bits per heavy atom. The highest BCUT2D eigenvalue weighted by atomic mass is 16.3. The van der Waals surface area contributed by atoms with E-state index in [9.17, 15) is 0 Å². The standard InChI is InChI=1S/C47H33N3O/c1-2-11-30(12-3-1)32-14-10-15-35(27-32)47-38-18-7-9-20-42(38)50(47)48-49-41-19-8-6-17-37(41)39-28-33(21-24-43(39)49)34-23-25-44-40(29-34)46-36-16-5-4-13-31(36)22-26-45(46)51-44/h1-21,23-25,27-29,47-48H,22,26H2. The first-order chi connectivity index (χ1) is 25.3. The minimum Gasteiger partial charge on any atom is -0.460 e. The summed E-state index contributed by atoms with van der Waals surface area (Å²) in [6.45, 7) is 0. The summed E-state index contributed by atoms with van der Waals surface area (Å²) in [5.74, 6) is 1.10. The van der Waals surface area contributed by atoms with E-state index in [0.717, 1.165) is 35.2 Å². The number of anilines is 1.